The van der Waals surface area contributed by atoms with Gasteiger partial charge in [-0.1, -0.05) is 0 Å². The summed E-state index contributed by atoms with van der Waals surface area (Å²) in [6.45, 7) is 2.01. The Morgan fingerprint density at radius 2 is 2.21 bits per heavy atom. The molecule has 0 saturated heterocycles. The van der Waals surface area contributed by atoms with Crippen molar-refractivity contribution in [2.24, 2.45) is 0 Å². The molecule has 0 aromatic carbocycles. The second-order valence-electron chi connectivity index (χ2n) is 8.02. The molecule has 0 amide bonds. The maximum absolute atomic E-state index is 12.0. The first-order chi connectivity index (χ1) is 16.1. The van der Waals surface area contributed by atoms with Crippen LogP contribution in [-0.4, -0.2) is 60.4 Å². The zero-order valence-electron chi connectivity index (χ0n) is 18.2. The van der Waals surface area contributed by atoms with Crippen LogP contribution in [0.15, 0.2) is 36.9 Å². The normalized spacial score (nSPS) is 19.8. The minimum absolute atomic E-state index is 0.128. The molecule has 0 atom stereocenters. The molecule has 0 unspecified atom stereocenters. The second-order valence-corrected chi connectivity index (χ2v) is 8.02. The Bertz CT molecular complexity index is 1360. The molecular formula is C22H22N8O3. The van der Waals surface area contributed by atoms with Gasteiger partial charge in [0.05, 0.1) is 66.2 Å². The monoisotopic (exact) mass is 446 g/mol. The van der Waals surface area contributed by atoms with Crippen LogP contribution < -0.4 is 0 Å². The van der Waals surface area contributed by atoms with Crippen LogP contribution in [0.5, 0.6) is 0 Å². The van der Waals surface area contributed by atoms with Crippen LogP contribution in [0.3, 0.4) is 0 Å². The summed E-state index contributed by atoms with van der Waals surface area (Å²) in [7, 11) is 1.68. The Morgan fingerprint density at radius 1 is 1.36 bits per heavy atom. The predicted molar refractivity (Wildman–Crippen MR) is 116 cm³/mol. The molecule has 0 aliphatic heterocycles. The molecule has 4 aromatic heterocycles. The molecule has 1 aliphatic rings. The summed E-state index contributed by atoms with van der Waals surface area (Å²) in [5.74, 6) is -0.501. The number of carbonyl (C=O) groups is 1. The Kier molecular flexibility index (Phi) is 5.14. The van der Waals surface area contributed by atoms with E-state index in [4.69, 9.17) is 14.5 Å². The highest BCUT2D eigenvalue weighted by atomic mass is 16.5. The number of hydrogen-bond donors (Lipinski definition) is 1. The molecular weight excluding hydrogens is 424 g/mol. The number of nitrogens with zero attached hydrogens (tertiary/aromatic N) is 7. The molecule has 5 rings (SSSR count). The van der Waals surface area contributed by atoms with Gasteiger partial charge in [0, 0.05) is 24.9 Å². The lowest BCUT2D eigenvalue weighted by Crippen LogP contribution is -2.50. The number of H-pyrrole nitrogens is 1. The molecule has 1 saturated carbocycles. The van der Waals surface area contributed by atoms with Crippen molar-refractivity contribution in [1.82, 2.24) is 34.6 Å². The van der Waals surface area contributed by atoms with E-state index in [0.717, 1.165) is 23.9 Å². The molecule has 1 aliphatic carbocycles. The summed E-state index contributed by atoms with van der Waals surface area (Å²) < 4.78 is 14.0. The summed E-state index contributed by atoms with van der Waals surface area (Å²) in [5.41, 5.74) is 3.21. The van der Waals surface area contributed by atoms with Crippen LogP contribution in [0, 0.1) is 11.3 Å². The van der Waals surface area contributed by atoms with E-state index in [9.17, 15) is 10.1 Å². The average molecular weight is 446 g/mol. The van der Waals surface area contributed by atoms with Crippen LogP contribution in [0.1, 0.15) is 36.7 Å². The number of nitrogens with one attached hydrogen (secondary N) is 1. The largest absolute Gasteiger partial charge is 0.461 e. The molecule has 0 bridgehead atoms. The summed E-state index contributed by atoms with van der Waals surface area (Å²) in [6.07, 6.45) is 9.07. The molecule has 168 valence electrons. The van der Waals surface area contributed by atoms with Gasteiger partial charge in [-0.05, 0) is 25.8 Å². The number of fused-ring (bicyclic) bond motifs is 1. The number of nitriles is 1. The molecule has 1 fully saturated rings. The fraction of sp³-hybridized carbons (Fsp3) is 0.364. The van der Waals surface area contributed by atoms with Crippen molar-refractivity contribution in [3.63, 3.8) is 0 Å². The van der Waals surface area contributed by atoms with Crippen LogP contribution in [0.2, 0.25) is 0 Å². The van der Waals surface area contributed by atoms with Gasteiger partial charge in [0.2, 0.25) is 0 Å². The first-order valence-corrected chi connectivity index (χ1v) is 10.6. The fourth-order valence-electron chi connectivity index (χ4n) is 4.25. The number of carbonyl (C=O) groups excluding carboxylic acids is 1. The average Bonchev–Trinajstić information content (AvgIpc) is 3.55. The van der Waals surface area contributed by atoms with Crippen LogP contribution >= 0.6 is 0 Å². The van der Waals surface area contributed by atoms with Gasteiger partial charge in [0.1, 0.15) is 5.69 Å². The number of esters is 1. The summed E-state index contributed by atoms with van der Waals surface area (Å²) >= 11 is 0. The van der Waals surface area contributed by atoms with E-state index in [1.807, 2.05) is 16.9 Å². The lowest BCUT2D eigenvalue weighted by Gasteiger charge is -2.45. The minimum Gasteiger partial charge on any atom is -0.461 e. The van der Waals surface area contributed by atoms with Gasteiger partial charge >= 0.3 is 5.97 Å². The second kappa shape index (κ2) is 8.14. The van der Waals surface area contributed by atoms with Crippen LogP contribution in [0.25, 0.3) is 28.2 Å². The van der Waals surface area contributed by atoms with Crippen molar-refractivity contribution < 1.29 is 14.3 Å². The lowest BCUT2D eigenvalue weighted by molar-refractivity contribution is -0.0542. The highest BCUT2D eigenvalue weighted by Crippen LogP contribution is 2.43. The standard InChI is InChI=1S/C22H22N8O3/c1-3-33-21(31)17-8-16(27-28-17)18-13-29-19(4-7-24-29)20(26-18)14-11-25-30(12-14)22(5-6-23)9-15(10-22)32-2/h4,7-8,11-13,15H,3,5,9-10H2,1-2H3,(H,27,28)/t15-,22-. The van der Waals surface area contributed by atoms with Crippen molar-refractivity contribution in [3.8, 4) is 28.7 Å². The number of rotatable bonds is 7. The molecule has 1 N–H and O–H groups in total. The fourth-order valence-corrected chi connectivity index (χ4v) is 4.25. The zero-order valence-corrected chi connectivity index (χ0v) is 18.2. The van der Waals surface area contributed by atoms with E-state index in [2.05, 4.69) is 26.5 Å². The maximum atomic E-state index is 12.0. The van der Waals surface area contributed by atoms with Crippen molar-refractivity contribution in [1.29, 1.82) is 5.26 Å². The van der Waals surface area contributed by atoms with E-state index < -0.39 is 5.97 Å². The third-order valence-corrected chi connectivity index (χ3v) is 6.03. The quantitative estimate of drug-likeness (QED) is 0.428. The van der Waals surface area contributed by atoms with Gasteiger partial charge in [0.25, 0.3) is 0 Å². The minimum atomic E-state index is -0.501. The van der Waals surface area contributed by atoms with Crippen molar-refractivity contribution in [2.75, 3.05) is 13.7 Å². The van der Waals surface area contributed by atoms with Gasteiger partial charge < -0.3 is 9.47 Å². The number of aromatic nitrogens is 7. The number of methoxy groups -OCH3 is 1. The molecule has 0 radical (unpaired) electrons. The Morgan fingerprint density at radius 3 is 2.97 bits per heavy atom. The SMILES string of the molecule is CCOC(=O)c1cc(-c2cn3nccc3c(-c3cnn([C@]4(CC#N)C[C@@H](OC)C4)c3)n2)[nH]n1. The highest BCUT2D eigenvalue weighted by Gasteiger charge is 2.47. The molecule has 4 heterocycles. The van der Waals surface area contributed by atoms with Crippen molar-refractivity contribution in [3.05, 3.63) is 42.6 Å². The predicted octanol–water partition coefficient (Wildman–Crippen LogP) is 2.58. The summed E-state index contributed by atoms with van der Waals surface area (Å²) in [5, 5.41) is 25.2. The Labute approximate surface area is 189 Å². The van der Waals surface area contributed by atoms with E-state index >= 15 is 0 Å². The van der Waals surface area contributed by atoms with Crippen molar-refractivity contribution in [2.45, 2.75) is 37.8 Å². The highest BCUT2D eigenvalue weighted by molar-refractivity contribution is 5.88. The smallest absolute Gasteiger partial charge is 0.358 e. The molecule has 11 heteroatoms. The Hall–Kier alpha value is -4.04. The molecule has 33 heavy (non-hydrogen) atoms. The summed E-state index contributed by atoms with van der Waals surface area (Å²) in [6, 6.07) is 5.76. The van der Waals surface area contributed by atoms with Crippen LogP contribution in [-0.2, 0) is 15.0 Å². The van der Waals surface area contributed by atoms with Crippen molar-refractivity contribution >= 4 is 11.5 Å². The van der Waals surface area contributed by atoms with Gasteiger partial charge in [0.15, 0.2) is 5.69 Å². The third-order valence-electron chi connectivity index (χ3n) is 6.03. The van der Waals surface area contributed by atoms with Gasteiger partial charge in [-0.2, -0.15) is 20.6 Å². The topological polar surface area (TPSA) is 136 Å². The van der Waals surface area contributed by atoms with Gasteiger partial charge in [-0.15, -0.1) is 0 Å². The zero-order chi connectivity index (χ0) is 23.0. The first-order valence-electron chi connectivity index (χ1n) is 10.6. The first kappa shape index (κ1) is 20.8. The maximum Gasteiger partial charge on any atom is 0.358 e. The Balaban J connectivity index is 1.53. The molecule has 0 spiro atoms. The van der Waals surface area contributed by atoms with E-state index in [1.165, 1.54) is 0 Å². The number of aromatic amines is 1. The van der Waals surface area contributed by atoms with E-state index in [0.29, 0.717) is 23.5 Å². The third kappa shape index (κ3) is 3.54. The van der Waals surface area contributed by atoms with E-state index in [-0.39, 0.29) is 23.9 Å². The van der Waals surface area contributed by atoms with E-state index in [1.54, 1.807) is 43.2 Å². The molecule has 4 aromatic rings. The summed E-state index contributed by atoms with van der Waals surface area (Å²) in [4.78, 5) is 16.8. The lowest BCUT2D eigenvalue weighted by atomic mass is 9.72. The number of ether oxygens (including phenoxy) is 2. The van der Waals surface area contributed by atoms with Gasteiger partial charge in [-0.25, -0.2) is 14.3 Å². The van der Waals surface area contributed by atoms with Gasteiger partial charge in [-0.3, -0.25) is 9.78 Å². The number of hydrogen-bond acceptors (Lipinski definition) is 8. The van der Waals surface area contributed by atoms with Crippen LogP contribution in [0.4, 0.5) is 0 Å². The molecule has 11 nitrogen and oxygen atoms in total.